The third-order valence-corrected chi connectivity index (χ3v) is 6.15. The molecule has 6 nitrogen and oxygen atoms in total. The van der Waals surface area contributed by atoms with Gasteiger partial charge in [-0.15, -0.1) is 0 Å². The molecular weight excluding hydrogens is 446 g/mol. The molecule has 0 aliphatic rings. The topological polar surface area (TPSA) is 70.2 Å². The molecule has 4 rings (SSSR count). The van der Waals surface area contributed by atoms with Gasteiger partial charge in [-0.3, -0.25) is 9.36 Å². The zero-order valence-corrected chi connectivity index (χ0v) is 19.5. The molecule has 0 spiro atoms. The Balaban J connectivity index is 1.56. The Labute approximate surface area is 195 Å². The molecule has 2 aromatic heterocycles. The molecule has 4 aromatic rings. The molecule has 0 saturated heterocycles. The molecule has 0 radical (unpaired) electrons. The zero-order chi connectivity index (χ0) is 22.5. The van der Waals surface area contributed by atoms with Crippen LogP contribution in [0.2, 0.25) is 5.02 Å². The molecule has 0 fully saturated rings. The molecule has 166 valence electrons. The Kier molecular flexibility index (Phi) is 7.29. The fraction of sp³-hybridized carbons (Fsp3) is 0.292. The number of benzene rings is 2. The van der Waals surface area contributed by atoms with Crippen LogP contribution in [0, 0.1) is 0 Å². The van der Waals surface area contributed by atoms with Crippen LogP contribution < -0.4 is 5.56 Å². The third-order valence-electron chi connectivity index (χ3n) is 4.81. The van der Waals surface area contributed by atoms with Gasteiger partial charge in [-0.1, -0.05) is 47.6 Å². The van der Waals surface area contributed by atoms with Gasteiger partial charge >= 0.3 is 0 Å². The molecule has 0 atom stereocenters. The second-order valence-corrected chi connectivity index (χ2v) is 8.90. The number of hydrogen-bond donors (Lipinski definition) is 0. The largest absolute Gasteiger partial charge is 0.444 e. The van der Waals surface area contributed by atoms with E-state index < -0.39 is 0 Å². The van der Waals surface area contributed by atoms with E-state index in [0.717, 1.165) is 17.7 Å². The number of fused-ring (bicyclic) bond motifs is 1. The number of ether oxygens (including phenoxy) is 1. The predicted molar refractivity (Wildman–Crippen MR) is 128 cm³/mol. The van der Waals surface area contributed by atoms with Gasteiger partial charge in [0.1, 0.15) is 6.26 Å². The summed E-state index contributed by atoms with van der Waals surface area (Å²) in [5.74, 6) is 0.988. The second-order valence-electron chi connectivity index (χ2n) is 7.55. The smallest absolute Gasteiger partial charge is 0.262 e. The highest BCUT2D eigenvalue weighted by atomic mass is 35.5. The van der Waals surface area contributed by atoms with E-state index in [1.807, 2.05) is 56.3 Å². The first-order valence-corrected chi connectivity index (χ1v) is 11.8. The van der Waals surface area contributed by atoms with Crippen molar-refractivity contribution in [1.29, 1.82) is 0 Å². The third kappa shape index (κ3) is 5.23. The Morgan fingerprint density at radius 3 is 2.72 bits per heavy atom. The van der Waals surface area contributed by atoms with Crippen LogP contribution >= 0.6 is 23.4 Å². The van der Waals surface area contributed by atoms with Gasteiger partial charge in [0.05, 0.1) is 33.3 Å². The maximum Gasteiger partial charge on any atom is 0.262 e. The average molecular weight is 470 g/mol. The summed E-state index contributed by atoms with van der Waals surface area (Å²) in [6.45, 7) is 5.13. The van der Waals surface area contributed by atoms with Crippen molar-refractivity contribution in [3.05, 3.63) is 75.9 Å². The van der Waals surface area contributed by atoms with Crippen LogP contribution in [0.3, 0.4) is 0 Å². The number of aromatic nitrogens is 3. The van der Waals surface area contributed by atoms with E-state index in [2.05, 4.69) is 4.98 Å². The first-order valence-electron chi connectivity index (χ1n) is 10.5. The maximum atomic E-state index is 13.1. The van der Waals surface area contributed by atoms with Gasteiger partial charge < -0.3 is 9.15 Å². The highest BCUT2D eigenvalue weighted by molar-refractivity contribution is 7.98. The lowest BCUT2D eigenvalue weighted by Crippen LogP contribution is -2.24. The Morgan fingerprint density at radius 2 is 1.91 bits per heavy atom. The minimum atomic E-state index is -0.0421. The van der Waals surface area contributed by atoms with Crippen LogP contribution in [0.4, 0.5) is 0 Å². The van der Waals surface area contributed by atoms with Crippen molar-refractivity contribution in [2.24, 2.45) is 0 Å². The molecular formula is C24H24ClN3O3S. The number of halogens is 1. The summed E-state index contributed by atoms with van der Waals surface area (Å²) in [6, 6.07) is 14.8. The van der Waals surface area contributed by atoms with Gasteiger partial charge in [-0.05, 0) is 44.5 Å². The van der Waals surface area contributed by atoms with Crippen LogP contribution in [0.25, 0.3) is 22.4 Å². The summed E-state index contributed by atoms with van der Waals surface area (Å²) in [7, 11) is 0. The van der Waals surface area contributed by atoms with Crippen molar-refractivity contribution >= 4 is 34.3 Å². The molecule has 0 aliphatic heterocycles. The van der Waals surface area contributed by atoms with E-state index in [0.29, 0.717) is 45.9 Å². The Bertz CT molecular complexity index is 1270. The van der Waals surface area contributed by atoms with Gasteiger partial charge in [0.2, 0.25) is 5.89 Å². The van der Waals surface area contributed by atoms with Crippen LogP contribution in [0.1, 0.15) is 26.0 Å². The maximum absolute atomic E-state index is 13.1. The monoisotopic (exact) mass is 469 g/mol. The number of nitrogens with zero attached hydrogens (tertiary/aromatic N) is 3. The van der Waals surface area contributed by atoms with Gasteiger partial charge in [0.15, 0.2) is 5.16 Å². The van der Waals surface area contributed by atoms with Crippen LogP contribution in [0.15, 0.2) is 69.2 Å². The number of oxazole rings is 1. The molecule has 2 heterocycles. The van der Waals surface area contributed by atoms with Crippen molar-refractivity contribution in [1.82, 2.24) is 14.5 Å². The van der Waals surface area contributed by atoms with E-state index in [9.17, 15) is 4.79 Å². The summed E-state index contributed by atoms with van der Waals surface area (Å²) < 4.78 is 13.0. The first kappa shape index (κ1) is 22.6. The molecule has 2 aromatic carbocycles. The fourth-order valence-corrected chi connectivity index (χ4v) is 4.39. The summed E-state index contributed by atoms with van der Waals surface area (Å²) >= 11 is 7.71. The lowest BCUT2D eigenvalue weighted by Gasteiger charge is -2.13. The summed E-state index contributed by atoms with van der Waals surface area (Å²) in [5, 5.41) is 1.85. The van der Waals surface area contributed by atoms with Crippen LogP contribution in [-0.2, 0) is 17.0 Å². The van der Waals surface area contributed by atoms with E-state index in [1.165, 1.54) is 11.8 Å². The SMILES string of the molecule is CC(C)OCCCn1c(SCc2coc(-c3ccccc3Cl)n2)nc2ccccc2c1=O. The summed E-state index contributed by atoms with van der Waals surface area (Å²) in [4.78, 5) is 22.4. The normalized spacial score (nSPS) is 11.5. The standard InChI is InChI=1S/C24H24ClN3O3S/c1-16(2)30-13-7-12-28-23(29)19-9-4-6-11-21(19)27-24(28)32-15-17-14-31-22(26-17)18-8-3-5-10-20(18)25/h3-6,8-11,14,16H,7,12-13,15H2,1-2H3. The number of para-hydroxylation sites is 1. The lowest BCUT2D eigenvalue weighted by atomic mass is 10.2. The number of thioether (sulfide) groups is 1. The molecule has 0 aliphatic carbocycles. The van der Waals surface area contributed by atoms with E-state index >= 15 is 0 Å². The van der Waals surface area contributed by atoms with E-state index in [4.69, 9.17) is 25.7 Å². The first-order chi connectivity index (χ1) is 15.5. The molecule has 0 N–H and O–H groups in total. The fourth-order valence-electron chi connectivity index (χ4n) is 3.27. The quantitative estimate of drug-likeness (QED) is 0.175. The molecule has 0 amide bonds. The Hall–Kier alpha value is -2.61. The summed E-state index contributed by atoms with van der Waals surface area (Å²) in [6.07, 6.45) is 2.51. The minimum Gasteiger partial charge on any atom is -0.444 e. The second kappa shape index (κ2) is 10.3. The average Bonchev–Trinajstić information content (AvgIpc) is 3.25. The zero-order valence-electron chi connectivity index (χ0n) is 18.0. The van der Waals surface area contributed by atoms with E-state index in [1.54, 1.807) is 16.9 Å². The predicted octanol–water partition coefficient (Wildman–Crippen LogP) is 5.81. The Morgan fingerprint density at radius 1 is 1.12 bits per heavy atom. The van der Waals surface area contributed by atoms with Gasteiger partial charge in [-0.2, -0.15) is 0 Å². The summed E-state index contributed by atoms with van der Waals surface area (Å²) in [5.41, 5.74) is 2.14. The van der Waals surface area contributed by atoms with Gasteiger partial charge in [-0.25, -0.2) is 9.97 Å². The highest BCUT2D eigenvalue weighted by Gasteiger charge is 2.14. The van der Waals surface area contributed by atoms with Crippen molar-refractivity contribution in [3.8, 4) is 11.5 Å². The molecule has 0 bridgehead atoms. The highest BCUT2D eigenvalue weighted by Crippen LogP contribution is 2.28. The molecule has 0 unspecified atom stereocenters. The minimum absolute atomic E-state index is 0.0421. The molecule has 8 heteroatoms. The lowest BCUT2D eigenvalue weighted by molar-refractivity contribution is 0.0743. The van der Waals surface area contributed by atoms with Gasteiger partial charge in [0, 0.05) is 18.9 Å². The van der Waals surface area contributed by atoms with Gasteiger partial charge in [0.25, 0.3) is 5.56 Å². The van der Waals surface area contributed by atoms with E-state index in [-0.39, 0.29) is 11.7 Å². The van der Waals surface area contributed by atoms with Crippen molar-refractivity contribution in [3.63, 3.8) is 0 Å². The van der Waals surface area contributed by atoms with Crippen molar-refractivity contribution < 1.29 is 9.15 Å². The molecule has 32 heavy (non-hydrogen) atoms. The van der Waals surface area contributed by atoms with Crippen molar-refractivity contribution in [2.75, 3.05) is 6.61 Å². The van der Waals surface area contributed by atoms with Crippen LogP contribution in [-0.4, -0.2) is 27.2 Å². The van der Waals surface area contributed by atoms with Crippen LogP contribution in [0.5, 0.6) is 0 Å². The molecule has 0 saturated carbocycles. The number of hydrogen-bond acceptors (Lipinski definition) is 6. The number of rotatable bonds is 9. The van der Waals surface area contributed by atoms with Crippen molar-refractivity contribution in [2.45, 2.75) is 43.8 Å².